The van der Waals surface area contributed by atoms with Gasteiger partial charge in [-0.2, -0.15) is 0 Å². The van der Waals surface area contributed by atoms with Crippen molar-refractivity contribution in [3.63, 3.8) is 0 Å². The second kappa shape index (κ2) is 9.32. The van der Waals surface area contributed by atoms with Crippen molar-refractivity contribution in [2.24, 2.45) is 0 Å². The van der Waals surface area contributed by atoms with Crippen LogP contribution in [-0.2, 0) is 16.0 Å². The fraction of sp³-hybridized carbons (Fsp3) is 0.737. The van der Waals surface area contributed by atoms with Gasteiger partial charge in [-0.1, -0.05) is 12.1 Å². The molecule has 8 nitrogen and oxygen atoms in total. The number of likely N-dealkylation sites (tertiary alicyclic amines) is 1. The van der Waals surface area contributed by atoms with Crippen LogP contribution in [0.4, 0.5) is 0 Å². The highest BCUT2D eigenvalue weighted by Gasteiger charge is 2.41. The van der Waals surface area contributed by atoms with Crippen molar-refractivity contribution in [1.29, 1.82) is 0 Å². The fourth-order valence-corrected chi connectivity index (χ4v) is 3.98. The summed E-state index contributed by atoms with van der Waals surface area (Å²) < 4.78 is 10.7. The zero-order chi connectivity index (χ0) is 19.2. The first kappa shape index (κ1) is 19.8. The molecule has 0 radical (unpaired) electrons. The van der Waals surface area contributed by atoms with Crippen LogP contribution in [0, 0.1) is 0 Å². The van der Waals surface area contributed by atoms with Gasteiger partial charge < -0.3 is 19.9 Å². The Labute approximate surface area is 160 Å². The summed E-state index contributed by atoms with van der Waals surface area (Å²) >= 11 is 0. The van der Waals surface area contributed by atoms with Crippen LogP contribution in [0.25, 0.3) is 0 Å². The molecule has 1 aromatic heterocycles. The highest BCUT2D eigenvalue weighted by atomic mass is 16.5. The monoisotopic (exact) mass is 378 g/mol. The van der Waals surface area contributed by atoms with Gasteiger partial charge in [0.1, 0.15) is 5.76 Å². The van der Waals surface area contributed by atoms with Crippen molar-refractivity contribution >= 4 is 11.8 Å². The predicted molar refractivity (Wildman–Crippen MR) is 99.4 cm³/mol. The van der Waals surface area contributed by atoms with E-state index in [4.69, 9.17) is 9.26 Å². The van der Waals surface area contributed by atoms with Crippen LogP contribution < -0.4 is 10.6 Å². The van der Waals surface area contributed by atoms with Gasteiger partial charge in [-0.25, -0.2) is 0 Å². The number of hydrogen-bond acceptors (Lipinski definition) is 6. The molecule has 2 N–H and O–H groups in total. The second-order valence-electron chi connectivity index (χ2n) is 7.29. The first-order valence-corrected chi connectivity index (χ1v) is 10.00. The van der Waals surface area contributed by atoms with E-state index in [1.54, 1.807) is 6.07 Å². The Morgan fingerprint density at radius 2 is 2.07 bits per heavy atom. The quantitative estimate of drug-likeness (QED) is 0.738. The van der Waals surface area contributed by atoms with Gasteiger partial charge in [-0.05, 0) is 32.6 Å². The van der Waals surface area contributed by atoms with E-state index < -0.39 is 0 Å². The van der Waals surface area contributed by atoms with Gasteiger partial charge in [0, 0.05) is 50.9 Å². The van der Waals surface area contributed by atoms with E-state index in [0.29, 0.717) is 31.2 Å². The standard InChI is InChI=1S/C19H30N4O4/c1-3-5-15-11-16(22-27-15)18(24)21-13-10-17(19(25)20-4-2)23(12-13)14-6-8-26-9-7-14/h11,13-14,17H,3-10,12H2,1-2H3,(H,20,25)(H,21,24)/t13-,17-/m0/s1. The summed E-state index contributed by atoms with van der Waals surface area (Å²) in [6.07, 6.45) is 4.14. The maximum Gasteiger partial charge on any atom is 0.273 e. The highest BCUT2D eigenvalue weighted by Crippen LogP contribution is 2.26. The van der Waals surface area contributed by atoms with Gasteiger partial charge in [0.05, 0.1) is 6.04 Å². The van der Waals surface area contributed by atoms with Crippen molar-refractivity contribution in [3.05, 3.63) is 17.5 Å². The Kier molecular flexibility index (Phi) is 6.84. The van der Waals surface area contributed by atoms with Crippen LogP contribution >= 0.6 is 0 Å². The molecule has 2 aliphatic rings. The summed E-state index contributed by atoms with van der Waals surface area (Å²) in [4.78, 5) is 27.3. The van der Waals surface area contributed by atoms with E-state index in [0.717, 1.165) is 44.7 Å². The summed E-state index contributed by atoms with van der Waals surface area (Å²) in [5, 5.41) is 9.83. The van der Waals surface area contributed by atoms with E-state index in [-0.39, 0.29) is 23.9 Å². The third kappa shape index (κ3) is 4.87. The van der Waals surface area contributed by atoms with Gasteiger partial charge in [0.2, 0.25) is 5.91 Å². The van der Waals surface area contributed by atoms with Gasteiger partial charge >= 0.3 is 0 Å². The van der Waals surface area contributed by atoms with E-state index in [1.165, 1.54) is 0 Å². The van der Waals surface area contributed by atoms with Crippen LogP contribution in [0.2, 0.25) is 0 Å². The molecular weight excluding hydrogens is 348 g/mol. The maximum absolute atomic E-state index is 12.6. The molecule has 0 unspecified atom stereocenters. The lowest BCUT2D eigenvalue weighted by Crippen LogP contribution is -2.49. The smallest absolute Gasteiger partial charge is 0.273 e. The average molecular weight is 378 g/mol. The molecule has 0 aromatic carbocycles. The minimum atomic E-state index is -0.241. The van der Waals surface area contributed by atoms with Crippen LogP contribution in [0.5, 0.6) is 0 Å². The second-order valence-corrected chi connectivity index (χ2v) is 7.29. The molecule has 2 amide bonds. The lowest BCUT2D eigenvalue weighted by molar-refractivity contribution is -0.126. The lowest BCUT2D eigenvalue weighted by atomic mass is 10.1. The third-order valence-electron chi connectivity index (χ3n) is 5.28. The van der Waals surface area contributed by atoms with Gasteiger partial charge in [-0.3, -0.25) is 14.5 Å². The van der Waals surface area contributed by atoms with E-state index in [1.807, 2.05) is 13.8 Å². The Balaban J connectivity index is 1.64. The van der Waals surface area contributed by atoms with E-state index >= 15 is 0 Å². The minimum absolute atomic E-state index is 0.0346. The summed E-state index contributed by atoms with van der Waals surface area (Å²) in [7, 11) is 0. The number of aromatic nitrogens is 1. The maximum atomic E-state index is 12.6. The van der Waals surface area contributed by atoms with E-state index in [2.05, 4.69) is 20.7 Å². The Morgan fingerprint density at radius 3 is 2.78 bits per heavy atom. The zero-order valence-corrected chi connectivity index (χ0v) is 16.2. The number of rotatable bonds is 7. The Morgan fingerprint density at radius 1 is 1.30 bits per heavy atom. The Bertz CT molecular complexity index is 641. The summed E-state index contributed by atoms with van der Waals surface area (Å²) in [6, 6.07) is 1.72. The fourth-order valence-electron chi connectivity index (χ4n) is 3.98. The number of carbonyl (C=O) groups excluding carboxylic acids is 2. The molecule has 27 heavy (non-hydrogen) atoms. The van der Waals surface area contributed by atoms with Crippen LogP contribution in [0.3, 0.4) is 0 Å². The van der Waals surface area contributed by atoms with Crippen LogP contribution in [0.1, 0.15) is 55.8 Å². The zero-order valence-electron chi connectivity index (χ0n) is 16.2. The van der Waals surface area contributed by atoms with Gasteiger partial charge in [-0.15, -0.1) is 0 Å². The lowest BCUT2D eigenvalue weighted by Gasteiger charge is -2.34. The molecule has 2 fully saturated rings. The Hall–Kier alpha value is -1.93. The number of likely N-dealkylation sites (N-methyl/N-ethyl adjacent to an activating group) is 1. The van der Waals surface area contributed by atoms with Crippen molar-refractivity contribution in [1.82, 2.24) is 20.7 Å². The van der Waals surface area contributed by atoms with Crippen molar-refractivity contribution in [2.75, 3.05) is 26.3 Å². The molecule has 150 valence electrons. The van der Waals surface area contributed by atoms with E-state index in [9.17, 15) is 9.59 Å². The molecule has 8 heteroatoms. The summed E-state index contributed by atoms with van der Waals surface area (Å²) in [5.74, 6) is 0.514. The van der Waals surface area contributed by atoms with Crippen molar-refractivity contribution in [3.8, 4) is 0 Å². The number of nitrogens with zero attached hydrogens (tertiary/aromatic N) is 2. The highest BCUT2D eigenvalue weighted by molar-refractivity contribution is 5.92. The topological polar surface area (TPSA) is 96.7 Å². The molecule has 0 bridgehead atoms. The van der Waals surface area contributed by atoms with Gasteiger partial charge in [0.15, 0.2) is 5.69 Å². The molecule has 2 aliphatic heterocycles. The minimum Gasteiger partial charge on any atom is -0.381 e. The first-order valence-electron chi connectivity index (χ1n) is 10.00. The number of hydrogen-bond donors (Lipinski definition) is 2. The molecule has 0 saturated carbocycles. The number of carbonyl (C=O) groups is 2. The molecule has 3 rings (SSSR count). The molecule has 2 atom stereocenters. The SMILES string of the molecule is CCCc1cc(C(=O)N[C@H]2C[C@@H](C(=O)NCC)N(C3CCOCC3)C2)no1. The van der Waals surface area contributed by atoms with Gasteiger partial charge in [0.25, 0.3) is 5.91 Å². The number of nitrogens with one attached hydrogen (secondary N) is 2. The summed E-state index contributed by atoms with van der Waals surface area (Å²) in [6.45, 7) is 6.68. The molecule has 2 saturated heterocycles. The van der Waals surface area contributed by atoms with Crippen molar-refractivity contribution < 1.29 is 18.8 Å². The van der Waals surface area contributed by atoms with Crippen LogP contribution in [0.15, 0.2) is 10.6 Å². The molecular formula is C19H30N4O4. The average Bonchev–Trinajstić information content (AvgIpc) is 3.30. The molecule has 0 aliphatic carbocycles. The molecule has 0 spiro atoms. The third-order valence-corrected chi connectivity index (χ3v) is 5.28. The molecule has 1 aromatic rings. The number of ether oxygens (including phenoxy) is 1. The normalized spacial score (nSPS) is 24.1. The largest absolute Gasteiger partial charge is 0.381 e. The predicted octanol–water partition coefficient (Wildman–Crippen LogP) is 1.11. The number of amides is 2. The first-order chi connectivity index (χ1) is 13.1. The number of aryl methyl sites for hydroxylation is 1. The molecule has 3 heterocycles. The summed E-state index contributed by atoms with van der Waals surface area (Å²) in [5.41, 5.74) is 0.303. The van der Waals surface area contributed by atoms with Crippen LogP contribution in [-0.4, -0.2) is 66.3 Å². The van der Waals surface area contributed by atoms with Crippen molar-refractivity contribution in [2.45, 2.75) is 64.1 Å².